The molecular formula is C28H24N2O2. The molecule has 32 heavy (non-hydrogen) atoms. The number of nitrogens with one attached hydrogen (secondary N) is 1. The van der Waals surface area contributed by atoms with E-state index in [9.17, 15) is 4.79 Å². The average Bonchev–Trinajstić information content (AvgIpc) is 2.85. The SMILES string of the molecule is C=CCOc1ccc2ccccc2c1C1Nc2ccccc2C(=O)N1Cc1ccccc1. The van der Waals surface area contributed by atoms with E-state index < -0.39 is 0 Å². The highest BCUT2D eigenvalue weighted by atomic mass is 16.5. The number of nitrogens with zero attached hydrogens (tertiary/aromatic N) is 1. The van der Waals surface area contributed by atoms with E-state index in [4.69, 9.17) is 4.74 Å². The summed E-state index contributed by atoms with van der Waals surface area (Å²) >= 11 is 0. The molecule has 0 radical (unpaired) electrons. The molecule has 0 saturated heterocycles. The smallest absolute Gasteiger partial charge is 0.258 e. The summed E-state index contributed by atoms with van der Waals surface area (Å²) in [5.74, 6) is 0.738. The molecule has 0 fully saturated rings. The quantitative estimate of drug-likeness (QED) is 0.379. The normalized spacial score (nSPS) is 15.2. The van der Waals surface area contributed by atoms with Crippen molar-refractivity contribution in [2.45, 2.75) is 12.7 Å². The van der Waals surface area contributed by atoms with Crippen LogP contribution in [0.1, 0.15) is 27.7 Å². The number of carbonyl (C=O) groups excluding carboxylic acids is 1. The lowest BCUT2D eigenvalue weighted by Crippen LogP contribution is -2.42. The fourth-order valence-corrected chi connectivity index (χ4v) is 4.30. The van der Waals surface area contributed by atoms with Crippen LogP contribution in [0.25, 0.3) is 10.8 Å². The minimum absolute atomic E-state index is 0.00388. The van der Waals surface area contributed by atoms with E-state index in [1.165, 1.54) is 0 Å². The van der Waals surface area contributed by atoms with Crippen LogP contribution in [0.5, 0.6) is 5.75 Å². The molecule has 1 aliphatic heterocycles. The number of rotatable bonds is 6. The van der Waals surface area contributed by atoms with Gasteiger partial charge >= 0.3 is 0 Å². The van der Waals surface area contributed by atoms with Crippen LogP contribution < -0.4 is 10.1 Å². The zero-order valence-electron chi connectivity index (χ0n) is 17.7. The third-order valence-electron chi connectivity index (χ3n) is 5.78. The van der Waals surface area contributed by atoms with Crippen molar-refractivity contribution in [3.05, 3.63) is 120 Å². The molecule has 1 unspecified atom stereocenters. The molecule has 1 N–H and O–H groups in total. The Balaban J connectivity index is 1.69. The summed E-state index contributed by atoms with van der Waals surface area (Å²) in [5.41, 5.74) is 3.52. The summed E-state index contributed by atoms with van der Waals surface area (Å²) in [7, 11) is 0. The van der Waals surface area contributed by atoms with Gasteiger partial charge < -0.3 is 15.0 Å². The van der Waals surface area contributed by atoms with Gasteiger partial charge in [0, 0.05) is 17.8 Å². The molecule has 0 aromatic heterocycles. The highest BCUT2D eigenvalue weighted by molar-refractivity contribution is 6.02. The lowest BCUT2D eigenvalue weighted by molar-refractivity contribution is 0.0665. The molecule has 1 atom stereocenters. The van der Waals surface area contributed by atoms with Crippen LogP contribution in [0.2, 0.25) is 0 Å². The number of hydrogen-bond donors (Lipinski definition) is 1. The standard InChI is InChI=1S/C28H24N2O2/c1-2-18-32-25-17-16-21-12-6-7-13-22(21)26(25)27-29-24-15-9-8-14-23(24)28(31)30(27)19-20-10-4-3-5-11-20/h2-17,27,29H,1,18-19H2. The second-order valence-corrected chi connectivity index (χ2v) is 7.81. The van der Waals surface area contributed by atoms with Crippen molar-refractivity contribution in [1.82, 2.24) is 4.90 Å². The van der Waals surface area contributed by atoms with E-state index in [0.717, 1.165) is 33.3 Å². The van der Waals surface area contributed by atoms with Crippen LogP contribution in [0.3, 0.4) is 0 Å². The number of hydrogen-bond acceptors (Lipinski definition) is 3. The Labute approximate surface area is 187 Å². The van der Waals surface area contributed by atoms with Gasteiger partial charge in [0.25, 0.3) is 5.91 Å². The Hall–Kier alpha value is -4.05. The minimum Gasteiger partial charge on any atom is -0.489 e. The van der Waals surface area contributed by atoms with Gasteiger partial charge in [0.1, 0.15) is 18.5 Å². The maximum atomic E-state index is 13.7. The van der Waals surface area contributed by atoms with Gasteiger partial charge in [-0.3, -0.25) is 4.79 Å². The van der Waals surface area contributed by atoms with E-state index in [0.29, 0.717) is 18.7 Å². The van der Waals surface area contributed by atoms with Crippen molar-refractivity contribution in [2.24, 2.45) is 0 Å². The highest BCUT2D eigenvalue weighted by Gasteiger charge is 2.35. The predicted molar refractivity (Wildman–Crippen MR) is 129 cm³/mol. The molecule has 1 heterocycles. The molecule has 4 aromatic rings. The summed E-state index contributed by atoms with van der Waals surface area (Å²) in [5, 5.41) is 5.77. The monoisotopic (exact) mass is 420 g/mol. The van der Waals surface area contributed by atoms with E-state index in [2.05, 4.69) is 30.1 Å². The summed E-state index contributed by atoms with van der Waals surface area (Å²) in [6.07, 6.45) is 1.35. The first-order valence-corrected chi connectivity index (χ1v) is 10.7. The van der Waals surface area contributed by atoms with Gasteiger partial charge in [0.05, 0.1) is 5.56 Å². The Morgan fingerprint density at radius 3 is 2.50 bits per heavy atom. The third-order valence-corrected chi connectivity index (χ3v) is 5.78. The van der Waals surface area contributed by atoms with Gasteiger partial charge in [-0.05, 0) is 34.5 Å². The van der Waals surface area contributed by atoms with Crippen LogP contribution in [-0.2, 0) is 6.54 Å². The van der Waals surface area contributed by atoms with Gasteiger partial charge in [0.2, 0.25) is 0 Å². The van der Waals surface area contributed by atoms with Gasteiger partial charge in [-0.1, -0.05) is 85.5 Å². The molecule has 158 valence electrons. The van der Waals surface area contributed by atoms with Crippen LogP contribution in [0.4, 0.5) is 5.69 Å². The molecule has 0 spiro atoms. The number of benzene rings is 4. The van der Waals surface area contributed by atoms with E-state index >= 15 is 0 Å². The number of anilines is 1. The highest BCUT2D eigenvalue weighted by Crippen LogP contribution is 2.41. The van der Waals surface area contributed by atoms with Crippen molar-refractivity contribution in [2.75, 3.05) is 11.9 Å². The van der Waals surface area contributed by atoms with Crippen molar-refractivity contribution in [1.29, 1.82) is 0 Å². The third kappa shape index (κ3) is 3.60. The molecular weight excluding hydrogens is 396 g/mol. The van der Waals surface area contributed by atoms with E-state index in [-0.39, 0.29) is 12.1 Å². The number of ether oxygens (including phenoxy) is 1. The first kappa shape index (κ1) is 19.9. The van der Waals surface area contributed by atoms with E-state index in [1.807, 2.05) is 77.7 Å². The predicted octanol–water partition coefficient (Wildman–Crippen LogP) is 6.17. The molecule has 1 aliphatic rings. The first-order valence-electron chi connectivity index (χ1n) is 10.7. The van der Waals surface area contributed by atoms with Gasteiger partial charge in [-0.2, -0.15) is 0 Å². The summed E-state index contributed by atoms with van der Waals surface area (Å²) in [4.78, 5) is 15.6. The molecule has 1 amide bonds. The lowest BCUT2D eigenvalue weighted by Gasteiger charge is -2.39. The maximum Gasteiger partial charge on any atom is 0.258 e. The van der Waals surface area contributed by atoms with Crippen molar-refractivity contribution in [3.8, 4) is 5.75 Å². The molecule has 4 heteroatoms. The van der Waals surface area contributed by atoms with Gasteiger partial charge in [-0.25, -0.2) is 0 Å². The number of para-hydroxylation sites is 1. The summed E-state index contributed by atoms with van der Waals surface area (Å²) < 4.78 is 6.07. The Morgan fingerprint density at radius 1 is 0.906 bits per heavy atom. The second-order valence-electron chi connectivity index (χ2n) is 7.81. The zero-order chi connectivity index (χ0) is 21.9. The van der Waals surface area contributed by atoms with Crippen molar-refractivity contribution in [3.63, 3.8) is 0 Å². The molecule has 0 saturated carbocycles. The molecule has 0 bridgehead atoms. The van der Waals surface area contributed by atoms with Crippen molar-refractivity contribution >= 4 is 22.4 Å². The van der Waals surface area contributed by atoms with Gasteiger partial charge in [0.15, 0.2) is 0 Å². The fraction of sp³-hybridized carbons (Fsp3) is 0.107. The topological polar surface area (TPSA) is 41.6 Å². The Kier molecular flexibility index (Phi) is 5.34. The summed E-state index contributed by atoms with van der Waals surface area (Å²) in [6.45, 7) is 4.66. The minimum atomic E-state index is -0.386. The molecule has 0 aliphatic carbocycles. The summed E-state index contributed by atoms with van der Waals surface area (Å²) in [6, 6.07) is 30.0. The lowest BCUT2D eigenvalue weighted by atomic mass is 9.97. The van der Waals surface area contributed by atoms with Crippen LogP contribution in [0.15, 0.2) is 104 Å². The number of carbonyl (C=O) groups is 1. The Morgan fingerprint density at radius 2 is 1.66 bits per heavy atom. The van der Waals surface area contributed by atoms with Crippen LogP contribution in [-0.4, -0.2) is 17.4 Å². The molecule has 4 nitrogen and oxygen atoms in total. The molecule has 5 rings (SSSR count). The van der Waals surface area contributed by atoms with Crippen LogP contribution >= 0.6 is 0 Å². The van der Waals surface area contributed by atoms with E-state index in [1.54, 1.807) is 6.08 Å². The number of amides is 1. The molecule has 4 aromatic carbocycles. The van der Waals surface area contributed by atoms with Gasteiger partial charge in [-0.15, -0.1) is 0 Å². The zero-order valence-corrected chi connectivity index (χ0v) is 17.7. The fourth-order valence-electron chi connectivity index (χ4n) is 4.30. The Bertz CT molecular complexity index is 1280. The van der Waals surface area contributed by atoms with Crippen LogP contribution in [0, 0.1) is 0 Å². The average molecular weight is 421 g/mol. The number of fused-ring (bicyclic) bond motifs is 2. The maximum absolute atomic E-state index is 13.7. The largest absolute Gasteiger partial charge is 0.489 e. The van der Waals surface area contributed by atoms with Crippen molar-refractivity contribution < 1.29 is 9.53 Å². The second kappa shape index (κ2) is 8.60. The first-order chi connectivity index (χ1) is 15.8.